The van der Waals surface area contributed by atoms with Crippen LogP contribution in [0.25, 0.3) is 0 Å². The van der Waals surface area contributed by atoms with Crippen molar-refractivity contribution in [3.63, 3.8) is 0 Å². The van der Waals surface area contributed by atoms with E-state index < -0.39 is 12.1 Å². The molecule has 1 unspecified atom stereocenters. The molecular formula is C15H23NO4. The molecule has 1 aromatic carbocycles. The molecule has 1 rings (SSSR count). The van der Waals surface area contributed by atoms with Crippen LogP contribution < -0.4 is 14.8 Å². The summed E-state index contributed by atoms with van der Waals surface area (Å²) in [5, 5.41) is 3.31. The Bertz CT molecular complexity index is 434. The summed E-state index contributed by atoms with van der Waals surface area (Å²) in [5.41, 5.74) is 0.952. The van der Waals surface area contributed by atoms with E-state index in [4.69, 9.17) is 9.47 Å². The van der Waals surface area contributed by atoms with Gasteiger partial charge in [0.2, 0.25) is 0 Å². The van der Waals surface area contributed by atoms with Crippen LogP contribution in [0.3, 0.4) is 0 Å². The first-order valence-electron chi connectivity index (χ1n) is 6.74. The highest BCUT2D eigenvalue weighted by atomic mass is 16.6. The summed E-state index contributed by atoms with van der Waals surface area (Å²) < 4.78 is 15.5. The lowest BCUT2D eigenvalue weighted by Crippen LogP contribution is -2.26. The van der Waals surface area contributed by atoms with Crippen LogP contribution in [0.5, 0.6) is 11.5 Å². The van der Waals surface area contributed by atoms with Crippen molar-refractivity contribution in [1.29, 1.82) is 0 Å². The van der Waals surface area contributed by atoms with Crippen molar-refractivity contribution < 1.29 is 19.0 Å². The number of carbonyl (C=O) groups excluding carboxylic acids is 1. The molecule has 0 aromatic heterocycles. The van der Waals surface area contributed by atoms with E-state index in [0.29, 0.717) is 12.3 Å². The quantitative estimate of drug-likeness (QED) is 0.584. The van der Waals surface area contributed by atoms with Crippen LogP contribution in [0.1, 0.15) is 25.8 Å². The molecule has 5 heteroatoms. The number of ether oxygens (including phenoxy) is 3. The van der Waals surface area contributed by atoms with Crippen molar-refractivity contribution in [1.82, 2.24) is 5.32 Å². The molecule has 0 saturated heterocycles. The Morgan fingerprint density at radius 3 is 2.70 bits per heavy atom. The summed E-state index contributed by atoms with van der Waals surface area (Å²) in [6, 6.07) is 5.52. The lowest BCUT2D eigenvalue weighted by atomic mass is 10.2. The highest BCUT2D eigenvalue weighted by Gasteiger charge is 2.16. The molecule has 0 aliphatic rings. The number of methoxy groups -OCH3 is 2. The number of benzene rings is 1. The zero-order valence-electron chi connectivity index (χ0n) is 12.6. The van der Waals surface area contributed by atoms with Crippen LogP contribution in [0.4, 0.5) is 0 Å². The largest absolute Gasteiger partial charge is 0.497 e. The predicted molar refractivity (Wildman–Crippen MR) is 77.1 cm³/mol. The lowest BCUT2D eigenvalue weighted by molar-refractivity contribution is -0.147. The standard InChI is InChI=1S/C15H23NO4/c1-5-8-16-10-12-9-13(18-3)6-7-14(12)20-11(2)15(17)19-4/h6-7,9,11,16H,5,8,10H2,1-4H3. The molecule has 20 heavy (non-hydrogen) atoms. The van der Waals surface area contributed by atoms with Gasteiger partial charge in [-0.1, -0.05) is 6.92 Å². The second-order valence-electron chi connectivity index (χ2n) is 4.43. The van der Waals surface area contributed by atoms with E-state index in [2.05, 4.69) is 17.0 Å². The number of carbonyl (C=O) groups is 1. The second-order valence-corrected chi connectivity index (χ2v) is 4.43. The van der Waals surface area contributed by atoms with Crippen molar-refractivity contribution in [3.05, 3.63) is 23.8 Å². The minimum atomic E-state index is -0.640. The maximum absolute atomic E-state index is 11.4. The minimum absolute atomic E-state index is 0.395. The number of rotatable bonds is 8. The average Bonchev–Trinajstić information content (AvgIpc) is 2.47. The molecule has 0 spiro atoms. The third-order valence-corrected chi connectivity index (χ3v) is 2.85. The van der Waals surface area contributed by atoms with Crippen LogP contribution in [-0.2, 0) is 16.1 Å². The van der Waals surface area contributed by atoms with Gasteiger partial charge in [-0.3, -0.25) is 0 Å². The summed E-state index contributed by atoms with van der Waals surface area (Å²) in [5.74, 6) is 1.02. The Kier molecular flexibility index (Phi) is 6.87. The maximum Gasteiger partial charge on any atom is 0.346 e. The molecule has 1 aromatic rings. The monoisotopic (exact) mass is 281 g/mol. The van der Waals surface area contributed by atoms with Crippen molar-refractivity contribution >= 4 is 5.97 Å². The van der Waals surface area contributed by atoms with Gasteiger partial charge in [-0.2, -0.15) is 0 Å². The van der Waals surface area contributed by atoms with Crippen molar-refractivity contribution in [3.8, 4) is 11.5 Å². The van der Waals surface area contributed by atoms with Crippen LogP contribution in [-0.4, -0.2) is 32.8 Å². The van der Waals surface area contributed by atoms with Gasteiger partial charge in [0.15, 0.2) is 6.10 Å². The molecule has 0 saturated carbocycles. The first kappa shape index (κ1) is 16.3. The molecule has 0 aliphatic carbocycles. The molecule has 1 N–H and O–H groups in total. The molecule has 112 valence electrons. The summed E-state index contributed by atoms with van der Waals surface area (Å²) in [4.78, 5) is 11.4. The van der Waals surface area contributed by atoms with Gasteiger partial charge in [0.25, 0.3) is 0 Å². The number of hydrogen-bond acceptors (Lipinski definition) is 5. The van der Waals surface area contributed by atoms with Gasteiger partial charge in [0.1, 0.15) is 11.5 Å². The SMILES string of the molecule is CCCNCc1cc(OC)ccc1OC(C)C(=O)OC. The topological polar surface area (TPSA) is 56.8 Å². The second kappa shape index (κ2) is 8.43. The third kappa shape index (κ3) is 4.74. The fourth-order valence-corrected chi connectivity index (χ4v) is 1.74. The van der Waals surface area contributed by atoms with Gasteiger partial charge in [-0.25, -0.2) is 4.79 Å². The average molecular weight is 281 g/mol. The summed E-state index contributed by atoms with van der Waals surface area (Å²) in [7, 11) is 2.97. The molecule has 0 heterocycles. The van der Waals surface area contributed by atoms with Gasteiger partial charge >= 0.3 is 5.97 Å². The molecule has 5 nitrogen and oxygen atoms in total. The van der Waals surface area contributed by atoms with E-state index in [0.717, 1.165) is 24.3 Å². The predicted octanol–water partition coefficient (Wildman–Crippen LogP) is 2.14. The summed E-state index contributed by atoms with van der Waals surface area (Å²) >= 11 is 0. The number of hydrogen-bond donors (Lipinski definition) is 1. The van der Waals surface area contributed by atoms with Crippen molar-refractivity contribution in [2.24, 2.45) is 0 Å². The number of nitrogens with one attached hydrogen (secondary N) is 1. The van der Waals surface area contributed by atoms with Crippen molar-refractivity contribution in [2.45, 2.75) is 32.9 Å². The molecular weight excluding hydrogens is 258 g/mol. The molecule has 1 atom stereocenters. The van der Waals surface area contributed by atoms with E-state index in [1.165, 1.54) is 7.11 Å². The third-order valence-electron chi connectivity index (χ3n) is 2.85. The Balaban J connectivity index is 2.84. The van der Waals surface area contributed by atoms with E-state index >= 15 is 0 Å². The molecule has 0 aliphatic heterocycles. The van der Waals surface area contributed by atoms with E-state index in [1.54, 1.807) is 20.1 Å². The summed E-state index contributed by atoms with van der Waals surface area (Å²) in [6.07, 6.45) is 0.414. The van der Waals surface area contributed by atoms with E-state index in [9.17, 15) is 4.79 Å². The molecule has 0 fully saturated rings. The van der Waals surface area contributed by atoms with Gasteiger partial charge < -0.3 is 19.5 Å². The van der Waals surface area contributed by atoms with Crippen LogP contribution in [0, 0.1) is 0 Å². The normalized spacial score (nSPS) is 11.8. The van der Waals surface area contributed by atoms with E-state index in [-0.39, 0.29) is 0 Å². The van der Waals surface area contributed by atoms with Gasteiger partial charge in [0.05, 0.1) is 14.2 Å². The Labute approximate surface area is 120 Å². The molecule has 0 bridgehead atoms. The number of esters is 1. The van der Waals surface area contributed by atoms with Gasteiger partial charge in [0, 0.05) is 12.1 Å². The highest BCUT2D eigenvalue weighted by molar-refractivity contribution is 5.74. The Morgan fingerprint density at radius 1 is 1.35 bits per heavy atom. The lowest BCUT2D eigenvalue weighted by Gasteiger charge is -2.17. The zero-order chi connectivity index (χ0) is 15.0. The fraction of sp³-hybridized carbons (Fsp3) is 0.533. The van der Waals surface area contributed by atoms with Crippen LogP contribution in [0.15, 0.2) is 18.2 Å². The first-order valence-corrected chi connectivity index (χ1v) is 6.74. The van der Waals surface area contributed by atoms with Gasteiger partial charge in [-0.15, -0.1) is 0 Å². The Morgan fingerprint density at radius 2 is 2.10 bits per heavy atom. The van der Waals surface area contributed by atoms with E-state index in [1.807, 2.05) is 12.1 Å². The molecule has 0 amide bonds. The maximum atomic E-state index is 11.4. The van der Waals surface area contributed by atoms with Crippen molar-refractivity contribution in [2.75, 3.05) is 20.8 Å². The summed E-state index contributed by atoms with van der Waals surface area (Å²) in [6.45, 7) is 5.35. The molecule has 0 radical (unpaired) electrons. The van der Waals surface area contributed by atoms with Crippen LogP contribution in [0.2, 0.25) is 0 Å². The van der Waals surface area contributed by atoms with Gasteiger partial charge in [-0.05, 0) is 38.1 Å². The highest BCUT2D eigenvalue weighted by Crippen LogP contribution is 2.25. The smallest absolute Gasteiger partial charge is 0.346 e. The minimum Gasteiger partial charge on any atom is -0.497 e. The fourth-order valence-electron chi connectivity index (χ4n) is 1.74. The van der Waals surface area contributed by atoms with Crippen LogP contribution >= 0.6 is 0 Å². The zero-order valence-corrected chi connectivity index (χ0v) is 12.6. The Hall–Kier alpha value is -1.75. The first-order chi connectivity index (χ1) is 9.62.